The Kier molecular flexibility index (Phi) is 9.26. The highest BCUT2D eigenvalue weighted by Gasteiger charge is 2.30. The van der Waals surface area contributed by atoms with Crippen LogP contribution >= 0.6 is 0 Å². The quantitative estimate of drug-likeness (QED) is 0.348. The summed E-state index contributed by atoms with van der Waals surface area (Å²) in [5.74, 6) is 2.94. The maximum atomic E-state index is 12.0. The van der Waals surface area contributed by atoms with Gasteiger partial charge in [-0.1, -0.05) is 31.4 Å². The molecule has 2 saturated carbocycles. The van der Waals surface area contributed by atoms with Crippen molar-refractivity contribution in [3.05, 3.63) is 12.2 Å². The number of hydrogen-bond acceptors (Lipinski definition) is 1. The second-order valence-corrected chi connectivity index (χ2v) is 7.65. The highest BCUT2D eigenvalue weighted by atomic mass is 19.1. The van der Waals surface area contributed by atoms with Gasteiger partial charge in [-0.3, -0.25) is 4.39 Å². The van der Waals surface area contributed by atoms with E-state index in [1.54, 1.807) is 0 Å². The van der Waals surface area contributed by atoms with E-state index >= 15 is 0 Å². The minimum Gasteiger partial charge on any atom is -0.379 e. The molecule has 2 aliphatic rings. The molecule has 0 atom stereocenters. The Morgan fingerprint density at radius 1 is 0.870 bits per heavy atom. The molecule has 0 radical (unpaired) electrons. The predicted octanol–water partition coefficient (Wildman–Crippen LogP) is 6.47. The van der Waals surface area contributed by atoms with Crippen molar-refractivity contribution in [2.24, 2.45) is 17.8 Å². The third-order valence-corrected chi connectivity index (χ3v) is 6.10. The Hall–Kier alpha value is -0.370. The first kappa shape index (κ1) is 19.0. The molecule has 23 heavy (non-hydrogen) atoms. The normalized spacial score (nSPS) is 32.4. The zero-order valence-electron chi connectivity index (χ0n) is 15.1. The molecule has 0 saturated heterocycles. The Morgan fingerprint density at radius 2 is 1.48 bits per heavy atom. The van der Waals surface area contributed by atoms with E-state index in [1.165, 1.54) is 64.2 Å². The van der Waals surface area contributed by atoms with Crippen molar-refractivity contribution in [2.75, 3.05) is 13.3 Å². The largest absolute Gasteiger partial charge is 0.379 e. The molecule has 2 rings (SSSR count). The Bertz CT molecular complexity index is 312. The summed E-state index contributed by atoms with van der Waals surface area (Å²) in [5, 5.41) is 0. The van der Waals surface area contributed by atoms with Crippen molar-refractivity contribution >= 4 is 0 Å². The molecule has 134 valence electrons. The highest BCUT2D eigenvalue weighted by molar-refractivity contribution is 4.84. The maximum Gasteiger partial charge on any atom is 0.0928 e. The molecule has 0 aromatic carbocycles. The van der Waals surface area contributed by atoms with Crippen molar-refractivity contribution in [1.29, 1.82) is 0 Å². The van der Waals surface area contributed by atoms with Gasteiger partial charge in [0.05, 0.1) is 12.8 Å². The van der Waals surface area contributed by atoms with Crippen LogP contribution in [0, 0.1) is 17.8 Å². The van der Waals surface area contributed by atoms with Gasteiger partial charge in [-0.05, 0) is 82.5 Å². The van der Waals surface area contributed by atoms with Crippen LogP contribution < -0.4 is 0 Å². The van der Waals surface area contributed by atoms with Crippen molar-refractivity contribution in [2.45, 2.75) is 90.1 Å². The lowest BCUT2D eigenvalue weighted by Crippen LogP contribution is -2.28. The number of hydrogen-bond donors (Lipinski definition) is 0. The molecule has 0 unspecified atom stereocenters. The van der Waals surface area contributed by atoms with Gasteiger partial charge < -0.3 is 4.74 Å². The molecule has 2 heteroatoms. The first-order valence-electron chi connectivity index (χ1n) is 10.2. The number of allylic oxidation sites excluding steroid dienone is 2. The Labute approximate surface area is 143 Å². The molecular weight excluding hydrogens is 287 g/mol. The van der Waals surface area contributed by atoms with E-state index in [9.17, 15) is 4.39 Å². The first-order valence-corrected chi connectivity index (χ1v) is 10.2. The van der Waals surface area contributed by atoms with E-state index < -0.39 is 0 Å². The monoisotopic (exact) mass is 324 g/mol. The van der Waals surface area contributed by atoms with Crippen LogP contribution in [0.1, 0.15) is 84.0 Å². The van der Waals surface area contributed by atoms with Gasteiger partial charge >= 0.3 is 0 Å². The zero-order chi connectivity index (χ0) is 16.3. The highest BCUT2D eigenvalue weighted by Crippen LogP contribution is 2.41. The summed E-state index contributed by atoms with van der Waals surface area (Å²) in [6, 6.07) is 0. The van der Waals surface area contributed by atoms with E-state index in [0.717, 1.165) is 30.8 Å². The fraction of sp³-hybridized carbons (Fsp3) is 0.905. The lowest BCUT2D eigenvalue weighted by molar-refractivity contribution is 0.0134. The summed E-state index contributed by atoms with van der Waals surface area (Å²) in [6.45, 7) is 2.78. The van der Waals surface area contributed by atoms with Crippen molar-refractivity contribution in [3.8, 4) is 0 Å². The van der Waals surface area contributed by atoms with Gasteiger partial charge in [0.25, 0.3) is 0 Å². The summed E-state index contributed by atoms with van der Waals surface area (Å²) in [7, 11) is 0. The smallest absolute Gasteiger partial charge is 0.0928 e. The molecule has 0 aromatic rings. The third-order valence-electron chi connectivity index (χ3n) is 6.10. The molecule has 0 bridgehead atoms. The Balaban J connectivity index is 1.55. The summed E-state index contributed by atoms with van der Waals surface area (Å²) in [5.41, 5.74) is 0. The number of unbranched alkanes of at least 4 members (excludes halogenated alkanes) is 1. The maximum absolute atomic E-state index is 12.0. The predicted molar refractivity (Wildman–Crippen MR) is 96.4 cm³/mol. The summed E-state index contributed by atoms with van der Waals surface area (Å²) in [4.78, 5) is 0. The van der Waals surface area contributed by atoms with Crippen LogP contribution in [-0.4, -0.2) is 19.4 Å². The summed E-state index contributed by atoms with van der Waals surface area (Å²) in [6.07, 6.45) is 20.3. The first-order chi connectivity index (χ1) is 11.3. The summed E-state index contributed by atoms with van der Waals surface area (Å²) < 4.78 is 17.8. The van der Waals surface area contributed by atoms with Crippen molar-refractivity contribution in [1.82, 2.24) is 0 Å². The lowest BCUT2D eigenvalue weighted by Gasteiger charge is -2.37. The van der Waals surface area contributed by atoms with E-state index in [4.69, 9.17) is 4.74 Å². The molecule has 0 aromatic heterocycles. The minimum absolute atomic E-state index is 0.215. The molecule has 2 aliphatic carbocycles. The van der Waals surface area contributed by atoms with Gasteiger partial charge in [0, 0.05) is 6.61 Å². The van der Waals surface area contributed by atoms with E-state index in [1.807, 2.05) is 6.08 Å². The van der Waals surface area contributed by atoms with Gasteiger partial charge in [0.2, 0.25) is 0 Å². The van der Waals surface area contributed by atoms with Crippen LogP contribution in [0.4, 0.5) is 4.39 Å². The van der Waals surface area contributed by atoms with Crippen LogP contribution in [0.15, 0.2) is 12.2 Å². The Morgan fingerprint density at radius 3 is 2.09 bits per heavy atom. The standard InChI is InChI=1S/C21H37FO/c1-2-23-21-15-13-20(14-16-21)19-11-9-18(10-12-19)8-6-4-3-5-7-17-22/h3,5,18-21H,2,4,6-17H2,1H3. The van der Waals surface area contributed by atoms with Crippen LogP contribution in [0.25, 0.3) is 0 Å². The second kappa shape index (κ2) is 11.2. The van der Waals surface area contributed by atoms with Crippen LogP contribution in [0.5, 0.6) is 0 Å². The van der Waals surface area contributed by atoms with Crippen LogP contribution in [0.2, 0.25) is 0 Å². The fourth-order valence-electron chi connectivity index (χ4n) is 4.73. The van der Waals surface area contributed by atoms with Gasteiger partial charge in [0.1, 0.15) is 0 Å². The van der Waals surface area contributed by atoms with Crippen LogP contribution in [0.3, 0.4) is 0 Å². The van der Waals surface area contributed by atoms with Gasteiger partial charge in [-0.25, -0.2) is 0 Å². The molecule has 0 spiro atoms. The van der Waals surface area contributed by atoms with E-state index in [0.29, 0.717) is 12.5 Å². The number of rotatable bonds is 9. The van der Waals surface area contributed by atoms with Crippen LogP contribution in [-0.2, 0) is 4.74 Å². The molecular formula is C21H37FO. The topological polar surface area (TPSA) is 9.23 Å². The fourth-order valence-corrected chi connectivity index (χ4v) is 4.73. The van der Waals surface area contributed by atoms with Gasteiger partial charge in [0.15, 0.2) is 0 Å². The summed E-state index contributed by atoms with van der Waals surface area (Å²) >= 11 is 0. The van der Waals surface area contributed by atoms with Crippen molar-refractivity contribution in [3.63, 3.8) is 0 Å². The molecule has 0 N–H and O–H groups in total. The van der Waals surface area contributed by atoms with Gasteiger partial charge in [-0.15, -0.1) is 0 Å². The van der Waals surface area contributed by atoms with E-state index in [-0.39, 0.29) is 6.67 Å². The molecule has 0 heterocycles. The minimum atomic E-state index is -0.215. The van der Waals surface area contributed by atoms with E-state index in [2.05, 4.69) is 13.0 Å². The number of ether oxygens (including phenoxy) is 1. The van der Waals surface area contributed by atoms with Crippen molar-refractivity contribution < 1.29 is 9.13 Å². The SMILES string of the molecule is CCOC1CCC(C2CCC(CCCC=CCCF)CC2)CC1. The molecule has 1 nitrogen and oxygen atoms in total. The van der Waals surface area contributed by atoms with Gasteiger partial charge in [-0.2, -0.15) is 0 Å². The third kappa shape index (κ3) is 6.95. The number of halogens is 1. The molecule has 2 fully saturated rings. The lowest BCUT2D eigenvalue weighted by atomic mass is 9.70. The second-order valence-electron chi connectivity index (χ2n) is 7.65. The zero-order valence-corrected chi connectivity index (χ0v) is 15.1. The average molecular weight is 325 g/mol. The molecule has 0 amide bonds. The average Bonchev–Trinajstić information content (AvgIpc) is 2.60. The number of alkyl halides is 1. The molecule has 0 aliphatic heterocycles.